The largest absolute Gasteiger partial charge is 0.312 e. The molecule has 0 aliphatic heterocycles. The summed E-state index contributed by atoms with van der Waals surface area (Å²) in [7, 11) is 2.06. The van der Waals surface area contributed by atoms with Crippen LogP contribution in [-0.4, -0.2) is 7.05 Å². The molecule has 1 aliphatic carbocycles. The molecule has 1 aromatic heterocycles. The average molecular weight is 258 g/mol. The summed E-state index contributed by atoms with van der Waals surface area (Å²) in [5.41, 5.74) is 0.376. The second-order valence-electron chi connectivity index (χ2n) is 5.07. The Morgan fingerprint density at radius 1 is 1.38 bits per heavy atom. The van der Waals surface area contributed by atoms with Crippen LogP contribution in [0.2, 0.25) is 5.02 Å². The van der Waals surface area contributed by atoms with E-state index >= 15 is 0 Å². The Kier molecular flexibility index (Phi) is 3.93. The zero-order valence-electron chi connectivity index (χ0n) is 10.1. The molecule has 90 valence electrons. The molecule has 1 saturated carbocycles. The molecule has 0 amide bonds. The van der Waals surface area contributed by atoms with Crippen LogP contribution in [-0.2, 0) is 0 Å². The summed E-state index contributed by atoms with van der Waals surface area (Å²) in [6, 6.07) is 2.43. The molecule has 1 N–H and O–H groups in total. The lowest BCUT2D eigenvalue weighted by molar-refractivity contribution is 0.152. The first-order valence-electron chi connectivity index (χ1n) is 6.07. The average Bonchev–Trinajstić information content (AvgIpc) is 2.67. The molecule has 0 saturated heterocycles. The quantitative estimate of drug-likeness (QED) is 0.832. The molecular formula is C13H20ClNS. The van der Waals surface area contributed by atoms with Crippen LogP contribution in [0.4, 0.5) is 0 Å². The molecule has 1 unspecified atom stereocenters. The lowest BCUT2D eigenvalue weighted by Gasteiger charge is -2.40. The molecule has 0 spiro atoms. The first-order chi connectivity index (χ1) is 7.67. The molecule has 1 atom stereocenters. The normalized spacial score (nSPS) is 21.9. The highest BCUT2D eigenvalue weighted by atomic mass is 35.5. The molecule has 1 aromatic rings. The van der Waals surface area contributed by atoms with Crippen LogP contribution in [0.3, 0.4) is 0 Å². The summed E-state index contributed by atoms with van der Waals surface area (Å²) in [5, 5.41) is 6.50. The van der Waals surface area contributed by atoms with Crippen molar-refractivity contribution in [2.75, 3.05) is 7.05 Å². The summed E-state index contributed by atoms with van der Waals surface area (Å²) in [6.07, 6.45) is 6.74. The fraction of sp³-hybridized carbons (Fsp3) is 0.692. The molecule has 0 radical (unpaired) electrons. The highest BCUT2D eigenvalue weighted by Gasteiger charge is 2.36. The van der Waals surface area contributed by atoms with Crippen molar-refractivity contribution in [3.05, 3.63) is 21.3 Å². The summed E-state index contributed by atoms with van der Waals surface area (Å²) in [6.45, 7) is 2.41. The minimum absolute atomic E-state index is 0.376. The summed E-state index contributed by atoms with van der Waals surface area (Å²) < 4.78 is 0. The second-order valence-corrected chi connectivity index (χ2v) is 6.42. The van der Waals surface area contributed by atoms with Gasteiger partial charge in [-0.25, -0.2) is 0 Å². The molecule has 0 aromatic carbocycles. The minimum Gasteiger partial charge on any atom is -0.312 e. The van der Waals surface area contributed by atoms with Gasteiger partial charge < -0.3 is 5.32 Å². The van der Waals surface area contributed by atoms with Crippen molar-refractivity contribution in [3.63, 3.8) is 0 Å². The van der Waals surface area contributed by atoms with Crippen LogP contribution < -0.4 is 5.32 Å². The van der Waals surface area contributed by atoms with Crippen molar-refractivity contribution in [1.82, 2.24) is 5.32 Å². The van der Waals surface area contributed by atoms with Gasteiger partial charge in [-0.15, -0.1) is 11.3 Å². The lowest BCUT2D eigenvalue weighted by atomic mass is 9.70. The van der Waals surface area contributed by atoms with Gasteiger partial charge in [-0.3, -0.25) is 0 Å². The van der Waals surface area contributed by atoms with E-state index < -0.39 is 0 Å². The molecule has 3 heteroatoms. The van der Waals surface area contributed by atoms with Gasteiger partial charge in [-0.2, -0.15) is 0 Å². The predicted octanol–water partition coefficient (Wildman–Crippen LogP) is 4.63. The van der Waals surface area contributed by atoms with Crippen LogP contribution in [0.1, 0.15) is 49.9 Å². The lowest BCUT2D eigenvalue weighted by Crippen LogP contribution is -2.35. The third kappa shape index (κ3) is 2.29. The smallest absolute Gasteiger partial charge is 0.0561 e. The van der Waals surface area contributed by atoms with Crippen LogP contribution in [0.5, 0.6) is 0 Å². The van der Waals surface area contributed by atoms with Crippen molar-refractivity contribution in [3.8, 4) is 0 Å². The molecule has 1 aliphatic rings. The molecular weight excluding hydrogens is 238 g/mol. The van der Waals surface area contributed by atoms with E-state index in [9.17, 15) is 0 Å². The fourth-order valence-corrected chi connectivity index (χ4v) is 4.41. The van der Waals surface area contributed by atoms with Crippen molar-refractivity contribution in [2.24, 2.45) is 5.41 Å². The van der Waals surface area contributed by atoms with E-state index in [-0.39, 0.29) is 0 Å². The highest BCUT2D eigenvalue weighted by molar-refractivity contribution is 7.10. The fourth-order valence-electron chi connectivity index (χ4n) is 2.96. The van der Waals surface area contributed by atoms with Crippen molar-refractivity contribution in [1.29, 1.82) is 0 Å². The van der Waals surface area contributed by atoms with Crippen LogP contribution in [0.25, 0.3) is 0 Å². The third-order valence-electron chi connectivity index (χ3n) is 3.89. The van der Waals surface area contributed by atoms with Gasteiger partial charge in [-0.05, 0) is 36.8 Å². The summed E-state index contributed by atoms with van der Waals surface area (Å²) in [5.74, 6) is 0. The maximum Gasteiger partial charge on any atom is 0.0561 e. The van der Waals surface area contributed by atoms with Gasteiger partial charge >= 0.3 is 0 Å². The van der Waals surface area contributed by atoms with Crippen molar-refractivity contribution >= 4 is 22.9 Å². The number of hydrogen-bond acceptors (Lipinski definition) is 2. The van der Waals surface area contributed by atoms with Gasteiger partial charge in [0.05, 0.1) is 5.02 Å². The topological polar surface area (TPSA) is 12.0 Å². The van der Waals surface area contributed by atoms with Crippen LogP contribution in [0.15, 0.2) is 11.4 Å². The van der Waals surface area contributed by atoms with Gasteiger partial charge in [0.2, 0.25) is 0 Å². The van der Waals surface area contributed by atoms with Gasteiger partial charge in [0, 0.05) is 10.9 Å². The Hall–Kier alpha value is -0.0500. The van der Waals surface area contributed by atoms with Gasteiger partial charge in [0.25, 0.3) is 0 Å². The molecule has 16 heavy (non-hydrogen) atoms. The Balaban J connectivity index is 2.24. The van der Waals surface area contributed by atoms with Crippen molar-refractivity contribution in [2.45, 2.75) is 45.1 Å². The standard InChI is InChI=1S/C13H20ClNS/c1-13(7-4-3-5-8-13)12(15-2)11-10(14)6-9-16-11/h6,9,12,15H,3-5,7-8H2,1-2H3. The van der Waals surface area contributed by atoms with Crippen LogP contribution in [0, 0.1) is 5.41 Å². The first kappa shape index (κ1) is 12.4. The Labute approximate surface area is 107 Å². The number of rotatable bonds is 3. The van der Waals surface area contributed by atoms with E-state index in [0.717, 1.165) is 5.02 Å². The van der Waals surface area contributed by atoms with Gasteiger partial charge in [0.15, 0.2) is 0 Å². The molecule has 1 nitrogen and oxygen atoms in total. The molecule has 1 heterocycles. The van der Waals surface area contributed by atoms with E-state index in [1.165, 1.54) is 37.0 Å². The molecule has 0 bridgehead atoms. The SMILES string of the molecule is CNC(c1sccc1Cl)C1(C)CCCCC1. The Bertz CT molecular complexity index is 341. The summed E-state index contributed by atoms with van der Waals surface area (Å²) in [4.78, 5) is 1.31. The Morgan fingerprint density at radius 3 is 2.56 bits per heavy atom. The number of nitrogens with one attached hydrogen (secondary N) is 1. The zero-order valence-corrected chi connectivity index (χ0v) is 11.6. The minimum atomic E-state index is 0.376. The second kappa shape index (κ2) is 5.07. The first-order valence-corrected chi connectivity index (χ1v) is 7.33. The van der Waals surface area contributed by atoms with Gasteiger partial charge in [0.1, 0.15) is 0 Å². The van der Waals surface area contributed by atoms with Gasteiger partial charge in [-0.1, -0.05) is 37.8 Å². The molecule has 2 rings (SSSR count). The number of halogens is 1. The van der Waals surface area contributed by atoms with E-state index in [4.69, 9.17) is 11.6 Å². The van der Waals surface area contributed by atoms with Crippen molar-refractivity contribution < 1.29 is 0 Å². The third-order valence-corrected chi connectivity index (χ3v) is 5.31. The summed E-state index contributed by atoms with van der Waals surface area (Å²) >= 11 is 8.04. The highest BCUT2D eigenvalue weighted by Crippen LogP contribution is 2.48. The Morgan fingerprint density at radius 2 is 2.06 bits per heavy atom. The maximum absolute atomic E-state index is 6.26. The molecule has 1 fully saturated rings. The number of thiophene rings is 1. The van der Waals surface area contributed by atoms with Crippen LogP contribution >= 0.6 is 22.9 Å². The monoisotopic (exact) mass is 257 g/mol. The predicted molar refractivity (Wildman–Crippen MR) is 72.3 cm³/mol. The maximum atomic E-state index is 6.26. The van der Waals surface area contributed by atoms with E-state index in [1.54, 1.807) is 11.3 Å². The zero-order chi connectivity index (χ0) is 11.6. The van der Waals surface area contributed by atoms with E-state index in [0.29, 0.717) is 11.5 Å². The van der Waals surface area contributed by atoms with E-state index in [1.807, 2.05) is 6.07 Å². The van der Waals surface area contributed by atoms with E-state index in [2.05, 4.69) is 24.7 Å². The number of hydrogen-bond donors (Lipinski definition) is 1.